The van der Waals surface area contributed by atoms with Crippen LogP contribution in [0.4, 0.5) is 0 Å². The summed E-state index contributed by atoms with van der Waals surface area (Å²) in [5.74, 6) is -0.651. The van der Waals surface area contributed by atoms with Crippen molar-refractivity contribution in [1.29, 1.82) is 0 Å². The van der Waals surface area contributed by atoms with E-state index >= 15 is 0 Å². The van der Waals surface area contributed by atoms with Gasteiger partial charge in [0.25, 0.3) is 0 Å². The molecule has 0 aliphatic rings. The Balaban J connectivity index is 3.40. The van der Waals surface area contributed by atoms with Crippen molar-refractivity contribution in [1.82, 2.24) is 0 Å². The summed E-state index contributed by atoms with van der Waals surface area (Å²) in [6.45, 7) is 11.7. The predicted octanol–water partition coefficient (Wildman–Crippen LogP) is 3.95. The van der Waals surface area contributed by atoms with Crippen LogP contribution in [0.15, 0.2) is 0 Å². The Morgan fingerprint density at radius 1 is 0.867 bits per heavy atom. The molecule has 0 aromatic rings. The minimum Gasteiger partial charge on any atom is -0.350 e. The van der Waals surface area contributed by atoms with Gasteiger partial charge in [0.05, 0.1) is 13.2 Å². The lowest BCUT2D eigenvalue weighted by Gasteiger charge is -2.25. The van der Waals surface area contributed by atoms with Crippen LogP contribution in [0.2, 0.25) is 0 Å². The van der Waals surface area contributed by atoms with Gasteiger partial charge in [0.1, 0.15) is 0 Å². The normalized spacial score (nSPS) is 12.0. The zero-order valence-corrected chi connectivity index (χ0v) is 10.7. The van der Waals surface area contributed by atoms with E-state index in [0.717, 1.165) is 26.1 Å². The molecule has 2 heteroatoms. The summed E-state index contributed by atoms with van der Waals surface area (Å²) >= 11 is 0. The van der Waals surface area contributed by atoms with Crippen molar-refractivity contribution < 1.29 is 9.47 Å². The lowest BCUT2D eigenvalue weighted by atomic mass is 10.2. The third-order valence-electron chi connectivity index (χ3n) is 2.31. The summed E-state index contributed by atoms with van der Waals surface area (Å²) < 4.78 is 11.2. The van der Waals surface area contributed by atoms with E-state index in [4.69, 9.17) is 9.47 Å². The molecule has 2 nitrogen and oxygen atoms in total. The van der Waals surface area contributed by atoms with Crippen molar-refractivity contribution in [2.75, 3.05) is 13.2 Å². The van der Waals surface area contributed by atoms with Crippen LogP contribution in [0, 0.1) is 6.92 Å². The first kappa shape index (κ1) is 14.9. The third kappa shape index (κ3) is 10.2. The molecular formula is C13H27O2. The molecule has 0 aromatic carbocycles. The largest absolute Gasteiger partial charge is 0.350 e. The Morgan fingerprint density at radius 2 is 1.27 bits per heavy atom. The molecule has 0 amide bonds. The molecule has 0 fully saturated rings. The van der Waals surface area contributed by atoms with E-state index in [1.807, 2.05) is 6.92 Å². The fourth-order valence-corrected chi connectivity index (χ4v) is 1.32. The van der Waals surface area contributed by atoms with Gasteiger partial charge in [-0.2, -0.15) is 0 Å². The number of hydrogen-bond donors (Lipinski definition) is 0. The van der Waals surface area contributed by atoms with Gasteiger partial charge >= 0.3 is 0 Å². The number of rotatable bonds is 10. The van der Waals surface area contributed by atoms with Crippen LogP contribution in [0.5, 0.6) is 0 Å². The fraction of sp³-hybridized carbons (Fsp3) is 0.923. The zero-order chi connectivity index (χ0) is 11.6. The van der Waals surface area contributed by atoms with E-state index in [2.05, 4.69) is 20.8 Å². The van der Waals surface area contributed by atoms with E-state index in [1.54, 1.807) is 0 Å². The molecule has 0 spiro atoms. The van der Waals surface area contributed by atoms with Gasteiger partial charge in [-0.05, 0) is 19.8 Å². The highest BCUT2D eigenvalue weighted by molar-refractivity contribution is 4.65. The van der Waals surface area contributed by atoms with E-state index < -0.39 is 5.79 Å². The van der Waals surface area contributed by atoms with Gasteiger partial charge in [0, 0.05) is 6.92 Å². The number of unbranched alkanes of at least 4 members (excludes halogenated alkanes) is 4. The summed E-state index contributed by atoms with van der Waals surface area (Å²) in [5, 5.41) is 0. The van der Waals surface area contributed by atoms with E-state index in [-0.39, 0.29) is 0 Å². The quantitative estimate of drug-likeness (QED) is 0.406. The van der Waals surface area contributed by atoms with Gasteiger partial charge in [-0.3, -0.25) is 0 Å². The lowest BCUT2D eigenvalue weighted by molar-refractivity contribution is -0.195. The minimum absolute atomic E-state index is 0.651. The number of hydrogen-bond acceptors (Lipinski definition) is 2. The van der Waals surface area contributed by atoms with Crippen molar-refractivity contribution in [3.8, 4) is 0 Å². The van der Waals surface area contributed by atoms with Crippen molar-refractivity contribution in [3.63, 3.8) is 0 Å². The van der Waals surface area contributed by atoms with Crippen LogP contribution in [0.1, 0.15) is 59.3 Å². The zero-order valence-electron chi connectivity index (χ0n) is 10.7. The smallest absolute Gasteiger partial charge is 0.165 e. The molecule has 15 heavy (non-hydrogen) atoms. The van der Waals surface area contributed by atoms with E-state index in [9.17, 15) is 0 Å². The molecule has 0 aliphatic heterocycles. The van der Waals surface area contributed by atoms with Gasteiger partial charge in [0.15, 0.2) is 5.79 Å². The van der Waals surface area contributed by atoms with Crippen molar-refractivity contribution >= 4 is 0 Å². The second kappa shape index (κ2) is 9.17. The second-order valence-corrected chi connectivity index (χ2v) is 4.24. The fourth-order valence-electron chi connectivity index (χ4n) is 1.32. The van der Waals surface area contributed by atoms with Gasteiger partial charge in [-0.1, -0.05) is 39.5 Å². The Hall–Kier alpha value is -0.0800. The van der Waals surface area contributed by atoms with Gasteiger partial charge in [-0.25, -0.2) is 0 Å². The molecule has 0 N–H and O–H groups in total. The highest BCUT2D eigenvalue weighted by Gasteiger charge is 2.17. The monoisotopic (exact) mass is 215 g/mol. The predicted molar refractivity (Wildman–Crippen MR) is 64.7 cm³/mol. The third-order valence-corrected chi connectivity index (χ3v) is 2.31. The van der Waals surface area contributed by atoms with Crippen LogP contribution in [0.3, 0.4) is 0 Å². The molecule has 91 valence electrons. The van der Waals surface area contributed by atoms with Crippen LogP contribution in [-0.4, -0.2) is 19.0 Å². The summed E-state index contributed by atoms with van der Waals surface area (Å²) in [5.41, 5.74) is 0. The van der Waals surface area contributed by atoms with Crippen LogP contribution in [0.25, 0.3) is 0 Å². The number of ether oxygens (including phenoxy) is 2. The Bertz CT molecular complexity index is 118. The molecule has 0 rings (SSSR count). The minimum atomic E-state index is -0.651. The highest BCUT2D eigenvalue weighted by Crippen LogP contribution is 2.12. The average molecular weight is 215 g/mol. The van der Waals surface area contributed by atoms with Crippen molar-refractivity contribution in [2.24, 2.45) is 0 Å². The Kier molecular flexibility index (Phi) is 9.12. The molecule has 0 heterocycles. The summed E-state index contributed by atoms with van der Waals surface area (Å²) in [4.78, 5) is 0. The Labute approximate surface area is 95.3 Å². The van der Waals surface area contributed by atoms with Gasteiger partial charge in [-0.15, -0.1) is 0 Å². The maximum Gasteiger partial charge on any atom is 0.165 e. The molecule has 0 saturated carbocycles. The first-order valence-corrected chi connectivity index (χ1v) is 6.25. The molecule has 0 saturated heterocycles. The molecule has 0 atom stereocenters. The highest BCUT2D eigenvalue weighted by atomic mass is 16.7. The molecule has 1 radical (unpaired) electrons. The van der Waals surface area contributed by atoms with Crippen LogP contribution < -0.4 is 0 Å². The van der Waals surface area contributed by atoms with Crippen molar-refractivity contribution in [2.45, 2.75) is 65.1 Å². The topological polar surface area (TPSA) is 18.5 Å². The van der Waals surface area contributed by atoms with Crippen LogP contribution >= 0.6 is 0 Å². The Morgan fingerprint density at radius 3 is 1.60 bits per heavy atom. The first-order valence-electron chi connectivity index (χ1n) is 6.25. The maximum absolute atomic E-state index is 5.58. The first-order chi connectivity index (χ1) is 7.12. The summed E-state index contributed by atoms with van der Waals surface area (Å²) in [6, 6.07) is 0. The molecule has 0 bridgehead atoms. The van der Waals surface area contributed by atoms with E-state index in [0.29, 0.717) is 0 Å². The second-order valence-electron chi connectivity index (χ2n) is 4.24. The SMILES string of the molecule is [CH2]C(C)(OCCCCC)OCCCCC. The molecule has 0 aromatic heterocycles. The van der Waals surface area contributed by atoms with Crippen LogP contribution in [-0.2, 0) is 9.47 Å². The van der Waals surface area contributed by atoms with E-state index in [1.165, 1.54) is 25.7 Å². The van der Waals surface area contributed by atoms with Crippen molar-refractivity contribution in [3.05, 3.63) is 6.92 Å². The summed E-state index contributed by atoms with van der Waals surface area (Å²) in [6.07, 6.45) is 7.06. The van der Waals surface area contributed by atoms with Gasteiger partial charge < -0.3 is 9.47 Å². The standard InChI is InChI=1S/C13H27O2/c1-5-7-9-11-14-13(3,4)15-12-10-8-6-2/h3,5-12H2,1-2,4H3. The average Bonchev–Trinajstić information content (AvgIpc) is 2.20. The lowest BCUT2D eigenvalue weighted by Crippen LogP contribution is -2.29. The maximum atomic E-state index is 5.58. The molecule has 0 unspecified atom stereocenters. The summed E-state index contributed by atoms with van der Waals surface area (Å²) in [7, 11) is 0. The molecule has 0 aliphatic carbocycles. The van der Waals surface area contributed by atoms with Gasteiger partial charge in [0.2, 0.25) is 0 Å². The molecular weight excluding hydrogens is 188 g/mol.